The van der Waals surface area contributed by atoms with Gasteiger partial charge in [-0.2, -0.15) is 0 Å². The Kier molecular flexibility index (Phi) is 4.72. The summed E-state index contributed by atoms with van der Waals surface area (Å²) >= 11 is 18.4. The van der Waals surface area contributed by atoms with Crippen molar-refractivity contribution in [1.29, 1.82) is 0 Å². The van der Waals surface area contributed by atoms with Crippen LogP contribution in [0.15, 0.2) is 48.5 Å². The molecule has 0 fully saturated rings. The van der Waals surface area contributed by atoms with Gasteiger partial charge in [0, 0.05) is 39.2 Å². The SMILES string of the molecule is CNCc1cc(Nc2ccc(Cl)c(Cl)c2)cc2c1[nH]c1ccc(Cl)cc12. The number of fused-ring (bicyclic) bond motifs is 3. The van der Waals surface area contributed by atoms with E-state index in [-0.39, 0.29) is 0 Å². The molecule has 3 N–H and O–H groups in total. The number of rotatable bonds is 4. The van der Waals surface area contributed by atoms with E-state index in [0.717, 1.165) is 44.7 Å². The van der Waals surface area contributed by atoms with Crippen molar-refractivity contribution in [2.45, 2.75) is 6.54 Å². The van der Waals surface area contributed by atoms with Gasteiger partial charge < -0.3 is 15.6 Å². The molecule has 3 aromatic carbocycles. The number of H-pyrrole nitrogens is 1. The Balaban J connectivity index is 1.87. The van der Waals surface area contributed by atoms with E-state index in [9.17, 15) is 0 Å². The highest BCUT2D eigenvalue weighted by Crippen LogP contribution is 2.34. The Labute approximate surface area is 166 Å². The summed E-state index contributed by atoms with van der Waals surface area (Å²) in [5.41, 5.74) is 5.19. The zero-order valence-electron chi connectivity index (χ0n) is 14.0. The summed E-state index contributed by atoms with van der Waals surface area (Å²) in [6, 6.07) is 15.6. The fourth-order valence-electron chi connectivity index (χ4n) is 3.19. The Morgan fingerprint density at radius 1 is 0.846 bits per heavy atom. The zero-order valence-corrected chi connectivity index (χ0v) is 16.2. The summed E-state index contributed by atoms with van der Waals surface area (Å²) in [4.78, 5) is 3.50. The predicted octanol–water partition coefficient (Wildman–Crippen LogP) is 6.74. The zero-order chi connectivity index (χ0) is 18.3. The van der Waals surface area contributed by atoms with Crippen LogP contribution in [-0.2, 0) is 6.54 Å². The van der Waals surface area contributed by atoms with E-state index in [1.807, 2.05) is 37.4 Å². The smallest absolute Gasteiger partial charge is 0.0612 e. The van der Waals surface area contributed by atoms with Gasteiger partial charge in [-0.1, -0.05) is 34.8 Å². The molecule has 0 atom stereocenters. The van der Waals surface area contributed by atoms with E-state index in [0.29, 0.717) is 10.0 Å². The fourth-order valence-corrected chi connectivity index (χ4v) is 3.66. The van der Waals surface area contributed by atoms with Crippen LogP contribution in [0, 0.1) is 0 Å². The summed E-state index contributed by atoms with van der Waals surface area (Å²) < 4.78 is 0. The minimum absolute atomic E-state index is 0.520. The first-order valence-electron chi connectivity index (χ1n) is 8.15. The van der Waals surface area contributed by atoms with Gasteiger partial charge in [0.2, 0.25) is 0 Å². The standard InChI is InChI=1S/C20H16Cl3N3/c1-24-10-11-6-14(25-13-3-4-17(22)18(23)9-13)8-16-15-7-12(21)2-5-19(15)26-20(11)16/h2-9,24-26H,10H2,1H3. The molecule has 0 saturated carbocycles. The summed E-state index contributed by atoms with van der Waals surface area (Å²) in [6.45, 7) is 0.744. The van der Waals surface area contributed by atoms with E-state index in [1.165, 1.54) is 5.56 Å². The molecule has 132 valence electrons. The summed E-state index contributed by atoms with van der Waals surface area (Å²) in [5.74, 6) is 0. The van der Waals surface area contributed by atoms with Crippen molar-refractivity contribution >= 4 is 68.0 Å². The van der Waals surface area contributed by atoms with Crippen LogP contribution in [0.5, 0.6) is 0 Å². The summed E-state index contributed by atoms with van der Waals surface area (Å²) in [6.07, 6.45) is 0. The second-order valence-electron chi connectivity index (χ2n) is 6.16. The van der Waals surface area contributed by atoms with Crippen LogP contribution in [0.3, 0.4) is 0 Å². The number of anilines is 2. The second kappa shape index (κ2) is 7.01. The summed E-state index contributed by atoms with van der Waals surface area (Å²) in [7, 11) is 1.93. The first-order chi connectivity index (χ1) is 12.5. The number of aromatic nitrogens is 1. The number of aromatic amines is 1. The monoisotopic (exact) mass is 403 g/mol. The molecule has 0 radical (unpaired) electrons. The third kappa shape index (κ3) is 3.24. The minimum Gasteiger partial charge on any atom is -0.355 e. The van der Waals surface area contributed by atoms with E-state index < -0.39 is 0 Å². The van der Waals surface area contributed by atoms with Gasteiger partial charge in [-0.25, -0.2) is 0 Å². The van der Waals surface area contributed by atoms with Crippen molar-refractivity contribution in [3.05, 3.63) is 69.2 Å². The first kappa shape index (κ1) is 17.5. The lowest BCUT2D eigenvalue weighted by molar-refractivity contribution is 0.822. The largest absolute Gasteiger partial charge is 0.355 e. The van der Waals surface area contributed by atoms with Crippen molar-refractivity contribution in [2.24, 2.45) is 0 Å². The highest BCUT2D eigenvalue weighted by molar-refractivity contribution is 6.42. The molecular formula is C20H16Cl3N3. The van der Waals surface area contributed by atoms with Gasteiger partial charge in [0.25, 0.3) is 0 Å². The predicted molar refractivity (Wildman–Crippen MR) is 113 cm³/mol. The first-order valence-corrected chi connectivity index (χ1v) is 9.29. The number of halogens is 3. The lowest BCUT2D eigenvalue weighted by atomic mass is 10.1. The van der Waals surface area contributed by atoms with Gasteiger partial charge in [0.05, 0.1) is 15.6 Å². The van der Waals surface area contributed by atoms with Crippen LogP contribution in [0.4, 0.5) is 11.4 Å². The van der Waals surface area contributed by atoms with E-state index in [1.54, 1.807) is 6.07 Å². The van der Waals surface area contributed by atoms with Crippen LogP contribution in [-0.4, -0.2) is 12.0 Å². The van der Waals surface area contributed by atoms with Crippen molar-refractivity contribution < 1.29 is 0 Å². The molecule has 0 unspecified atom stereocenters. The molecule has 26 heavy (non-hydrogen) atoms. The molecule has 4 aromatic rings. The molecule has 1 heterocycles. The topological polar surface area (TPSA) is 39.8 Å². The van der Waals surface area contributed by atoms with Crippen molar-refractivity contribution in [1.82, 2.24) is 10.3 Å². The Morgan fingerprint density at radius 2 is 1.69 bits per heavy atom. The Bertz CT molecular complexity index is 1120. The summed E-state index contributed by atoms with van der Waals surface area (Å²) in [5, 5.41) is 10.6. The maximum Gasteiger partial charge on any atom is 0.0612 e. The average Bonchev–Trinajstić information content (AvgIpc) is 2.97. The number of nitrogens with one attached hydrogen (secondary N) is 3. The van der Waals surface area contributed by atoms with Gasteiger partial charge >= 0.3 is 0 Å². The molecular weight excluding hydrogens is 389 g/mol. The number of benzene rings is 3. The quantitative estimate of drug-likeness (QED) is 0.352. The van der Waals surface area contributed by atoms with Crippen molar-refractivity contribution in [3.63, 3.8) is 0 Å². The molecule has 3 nitrogen and oxygen atoms in total. The van der Waals surface area contributed by atoms with Gasteiger partial charge in [-0.15, -0.1) is 0 Å². The molecule has 0 aliphatic rings. The van der Waals surface area contributed by atoms with Gasteiger partial charge in [-0.3, -0.25) is 0 Å². The number of hydrogen-bond acceptors (Lipinski definition) is 2. The van der Waals surface area contributed by atoms with E-state index >= 15 is 0 Å². The van der Waals surface area contributed by atoms with E-state index in [2.05, 4.69) is 27.8 Å². The maximum absolute atomic E-state index is 6.21. The molecule has 0 amide bonds. The minimum atomic E-state index is 0.520. The highest BCUT2D eigenvalue weighted by atomic mass is 35.5. The second-order valence-corrected chi connectivity index (χ2v) is 7.41. The van der Waals surface area contributed by atoms with Gasteiger partial charge in [-0.05, 0) is 61.1 Å². The molecule has 6 heteroatoms. The molecule has 0 spiro atoms. The van der Waals surface area contributed by atoms with E-state index in [4.69, 9.17) is 34.8 Å². The van der Waals surface area contributed by atoms with Gasteiger partial charge in [0.1, 0.15) is 0 Å². The normalized spacial score (nSPS) is 11.4. The van der Waals surface area contributed by atoms with Crippen LogP contribution in [0.1, 0.15) is 5.56 Å². The van der Waals surface area contributed by atoms with Crippen LogP contribution < -0.4 is 10.6 Å². The molecule has 1 aromatic heterocycles. The lowest BCUT2D eigenvalue weighted by Gasteiger charge is -2.11. The van der Waals surface area contributed by atoms with Crippen LogP contribution in [0.25, 0.3) is 21.8 Å². The van der Waals surface area contributed by atoms with Crippen LogP contribution in [0.2, 0.25) is 15.1 Å². The van der Waals surface area contributed by atoms with Crippen LogP contribution >= 0.6 is 34.8 Å². The molecule has 4 rings (SSSR count). The fraction of sp³-hybridized carbons (Fsp3) is 0.100. The molecule has 0 saturated heterocycles. The maximum atomic E-state index is 6.21. The van der Waals surface area contributed by atoms with Gasteiger partial charge in [0.15, 0.2) is 0 Å². The van der Waals surface area contributed by atoms with Crippen molar-refractivity contribution in [2.75, 3.05) is 12.4 Å². The Morgan fingerprint density at radius 3 is 2.46 bits per heavy atom. The highest BCUT2D eigenvalue weighted by Gasteiger charge is 2.11. The Hall–Kier alpha value is -1.91. The number of hydrogen-bond donors (Lipinski definition) is 3. The molecule has 0 aliphatic carbocycles. The lowest BCUT2D eigenvalue weighted by Crippen LogP contribution is -2.06. The third-order valence-corrected chi connectivity index (χ3v) is 5.30. The molecule has 0 bridgehead atoms. The molecule has 0 aliphatic heterocycles. The average molecular weight is 405 g/mol. The van der Waals surface area contributed by atoms with Crippen molar-refractivity contribution in [3.8, 4) is 0 Å². The third-order valence-electron chi connectivity index (χ3n) is 4.33.